The minimum Gasteiger partial charge on any atom is -0.420 e. The van der Waals surface area contributed by atoms with E-state index >= 15 is 0 Å². The number of hydrogen-bond acceptors (Lipinski definition) is 3. The molecule has 0 saturated carbocycles. The van der Waals surface area contributed by atoms with Crippen molar-refractivity contribution in [2.24, 2.45) is 0 Å². The maximum Gasteiger partial charge on any atom is 0.248 e. The molecule has 3 aromatic rings. The van der Waals surface area contributed by atoms with Crippen LogP contribution in [0.5, 0.6) is 0 Å². The van der Waals surface area contributed by atoms with Crippen LogP contribution in [-0.2, 0) is 6.42 Å². The summed E-state index contributed by atoms with van der Waals surface area (Å²) in [6, 6.07) is 15.6. The van der Waals surface area contributed by atoms with Gasteiger partial charge >= 0.3 is 0 Å². The molecule has 20 heavy (non-hydrogen) atoms. The van der Waals surface area contributed by atoms with Crippen LogP contribution < -0.4 is 0 Å². The fourth-order valence-electron chi connectivity index (χ4n) is 2.05. The number of benzene rings is 2. The molecule has 0 aliphatic rings. The first-order valence-electron chi connectivity index (χ1n) is 6.36. The van der Waals surface area contributed by atoms with Crippen LogP contribution in [0.4, 0.5) is 0 Å². The van der Waals surface area contributed by atoms with Gasteiger partial charge in [0, 0.05) is 10.6 Å². The SMILES string of the molecule is Cc1ccccc1-c1nnc(Cc2ccccc2Cl)o1. The molecule has 0 N–H and O–H groups in total. The average Bonchev–Trinajstić information content (AvgIpc) is 2.90. The Balaban J connectivity index is 1.88. The van der Waals surface area contributed by atoms with Crippen molar-refractivity contribution in [2.75, 3.05) is 0 Å². The van der Waals surface area contributed by atoms with Crippen LogP contribution in [0.3, 0.4) is 0 Å². The maximum atomic E-state index is 6.13. The van der Waals surface area contributed by atoms with Gasteiger partial charge in [-0.1, -0.05) is 48.0 Å². The van der Waals surface area contributed by atoms with Gasteiger partial charge in [-0.3, -0.25) is 0 Å². The normalized spacial score (nSPS) is 10.7. The number of nitrogens with zero attached hydrogens (tertiary/aromatic N) is 2. The third kappa shape index (κ3) is 2.58. The minimum absolute atomic E-state index is 0.540. The van der Waals surface area contributed by atoms with E-state index in [-0.39, 0.29) is 0 Å². The zero-order chi connectivity index (χ0) is 13.9. The summed E-state index contributed by atoms with van der Waals surface area (Å²) in [4.78, 5) is 0. The van der Waals surface area contributed by atoms with Crippen molar-refractivity contribution < 1.29 is 4.42 Å². The van der Waals surface area contributed by atoms with E-state index in [1.807, 2.05) is 55.5 Å². The molecule has 0 amide bonds. The lowest BCUT2D eigenvalue weighted by molar-refractivity contribution is 0.518. The Morgan fingerprint density at radius 3 is 2.55 bits per heavy atom. The van der Waals surface area contributed by atoms with Gasteiger partial charge in [-0.15, -0.1) is 10.2 Å². The Morgan fingerprint density at radius 2 is 1.75 bits per heavy atom. The quantitative estimate of drug-likeness (QED) is 0.720. The highest BCUT2D eigenvalue weighted by Gasteiger charge is 2.11. The molecule has 0 atom stereocenters. The Morgan fingerprint density at radius 1 is 1.00 bits per heavy atom. The van der Waals surface area contributed by atoms with Crippen molar-refractivity contribution in [3.8, 4) is 11.5 Å². The second-order valence-electron chi connectivity index (χ2n) is 4.58. The van der Waals surface area contributed by atoms with Gasteiger partial charge in [-0.05, 0) is 30.2 Å². The lowest BCUT2D eigenvalue weighted by Crippen LogP contribution is -1.89. The van der Waals surface area contributed by atoms with Crippen LogP contribution in [0.15, 0.2) is 52.9 Å². The Labute approximate surface area is 122 Å². The van der Waals surface area contributed by atoms with Crippen molar-refractivity contribution in [2.45, 2.75) is 13.3 Å². The zero-order valence-electron chi connectivity index (χ0n) is 11.0. The van der Waals surface area contributed by atoms with Gasteiger partial charge in [0.15, 0.2) is 0 Å². The number of aryl methyl sites for hydroxylation is 1. The molecule has 0 saturated heterocycles. The Bertz CT molecular complexity index is 737. The van der Waals surface area contributed by atoms with Gasteiger partial charge in [0.25, 0.3) is 0 Å². The standard InChI is InChI=1S/C16H13ClN2O/c1-11-6-2-4-8-13(11)16-19-18-15(20-16)10-12-7-3-5-9-14(12)17/h2-9H,10H2,1H3. The van der Waals surface area contributed by atoms with Gasteiger partial charge in [0.1, 0.15) is 0 Å². The van der Waals surface area contributed by atoms with Crippen molar-refractivity contribution in [3.05, 3.63) is 70.6 Å². The second-order valence-corrected chi connectivity index (χ2v) is 4.99. The first kappa shape index (κ1) is 12.9. The predicted molar refractivity (Wildman–Crippen MR) is 78.7 cm³/mol. The number of aromatic nitrogens is 2. The molecule has 0 bridgehead atoms. The number of hydrogen-bond donors (Lipinski definition) is 0. The van der Waals surface area contributed by atoms with Crippen molar-refractivity contribution in [1.82, 2.24) is 10.2 Å². The Hall–Kier alpha value is -2.13. The lowest BCUT2D eigenvalue weighted by atomic mass is 10.1. The predicted octanol–water partition coefficient (Wildman–Crippen LogP) is 4.29. The van der Waals surface area contributed by atoms with Crippen LogP contribution in [0.1, 0.15) is 17.0 Å². The molecule has 1 heterocycles. The molecule has 1 aromatic heterocycles. The summed E-state index contributed by atoms with van der Waals surface area (Å²) in [6.45, 7) is 2.02. The van der Waals surface area contributed by atoms with Crippen molar-refractivity contribution in [1.29, 1.82) is 0 Å². The Kier molecular flexibility index (Phi) is 3.52. The largest absolute Gasteiger partial charge is 0.420 e. The summed E-state index contributed by atoms with van der Waals surface area (Å²) in [7, 11) is 0. The molecule has 100 valence electrons. The average molecular weight is 285 g/mol. The van der Waals surface area contributed by atoms with E-state index in [9.17, 15) is 0 Å². The fraction of sp³-hybridized carbons (Fsp3) is 0.125. The molecular formula is C16H13ClN2O. The van der Waals surface area contributed by atoms with E-state index in [2.05, 4.69) is 10.2 Å². The molecule has 0 unspecified atom stereocenters. The van der Waals surface area contributed by atoms with Crippen molar-refractivity contribution >= 4 is 11.6 Å². The molecule has 0 spiro atoms. The van der Waals surface area contributed by atoms with Gasteiger partial charge in [-0.2, -0.15) is 0 Å². The number of halogens is 1. The van der Waals surface area contributed by atoms with Crippen molar-refractivity contribution in [3.63, 3.8) is 0 Å². The van der Waals surface area contributed by atoms with Crippen LogP contribution in [0.2, 0.25) is 5.02 Å². The first-order chi connectivity index (χ1) is 9.74. The lowest BCUT2D eigenvalue weighted by Gasteiger charge is -2.00. The highest BCUT2D eigenvalue weighted by atomic mass is 35.5. The smallest absolute Gasteiger partial charge is 0.248 e. The van der Waals surface area contributed by atoms with Gasteiger partial charge in [0.2, 0.25) is 11.8 Å². The van der Waals surface area contributed by atoms with Crippen LogP contribution in [0.25, 0.3) is 11.5 Å². The second kappa shape index (κ2) is 5.47. The summed E-state index contributed by atoms with van der Waals surface area (Å²) in [5.74, 6) is 1.11. The fourth-order valence-corrected chi connectivity index (χ4v) is 2.25. The summed E-state index contributed by atoms with van der Waals surface area (Å²) in [5.41, 5.74) is 3.06. The molecule has 0 radical (unpaired) electrons. The van der Waals surface area contributed by atoms with Gasteiger partial charge < -0.3 is 4.42 Å². The third-order valence-corrected chi connectivity index (χ3v) is 3.51. The molecule has 2 aromatic carbocycles. The van der Waals surface area contributed by atoms with Crippen LogP contribution >= 0.6 is 11.6 Å². The third-order valence-electron chi connectivity index (χ3n) is 3.14. The van der Waals surface area contributed by atoms with E-state index in [1.165, 1.54) is 0 Å². The van der Waals surface area contributed by atoms with Crippen LogP contribution in [-0.4, -0.2) is 10.2 Å². The van der Waals surface area contributed by atoms with E-state index in [0.29, 0.717) is 23.2 Å². The summed E-state index contributed by atoms with van der Waals surface area (Å²) in [6.07, 6.45) is 0.540. The first-order valence-corrected chi connectivity index (χ1v) is 6.73. The van der Waals surface area contributed by atoms with E-state index in [0.717, 1.165) is 16.7 Å². The van der Waals surface area contributed by atoms with E-state index in [4.69, 9.17) is 16.0 Å². The molecule has 4 heteroatoms. The molecule has 0 aliphatic carbocycles. The van der Waals surface area contributed by atoms with E-state index in [1.54, 1.807) is 0 Å². The van der Waals surface area contributed by atoms with Gasteiger partial charge in [0.05, 0.1) is 6.42 Å². The monoisotopic (exact) mass is 284 g/mol. The topological polar surface area (TPSA) is 38.9 Å². The number of rotatable bonds is 3. The maximum absolute atomic E-state index is 6.13. The van der Waals surface area contributed by atoms with E-state index < -0.39 is 0 Å². The molecule has 3 nitrogen and oxygen atoms in total. The molecule has 3 rings (SSSR count). The summed E-state index contributed by atoms with van der Waals surface area (Å²) >= 11 is 6.13. The summed E-state index contributed by atoms with van der Waals surface area (Å²) in [5, 5.41) is 8.92. The highest BCUT2D eigenvalue weighted by Crippen LogP contribution is 2.23. The zero-order valence-corrected chi connectivity index (χ0v) is 11.8. The molecule has 0 aliphatic heterocycles. The molecular weight excluding hydrogens is 272 g/mol. The highest BCUT2D eigenvalue weighted by molar-refractivity contribution is 6.31. The molecule has 0 fully saturated rings. The van der Waals surface area contributed by atoms with Gasteiger partial charge in [-0.25, -0.2) is 0 Å². The van der Waals surface area contributed by atoms with Crippen LogP contribution in [0, 0.1) is 6.92 Å². The minimum atomic E-state index is 0.540. The summed E-state index contributed by atoms with van der Waals surface area (Å²) < 4.78 is 5.73.